The molecule has 32 heavy (non-hydrogen) atoms. The van der Waals surface area contributed by atoms with Crippen molar-refractivity contribution in [1.82, 2.24) is 20.2 Å². The standard InChI is InChI=1S/C21H28F3N7O/c1-2-16-19-17(30(28-16)12-13-32-15-21(22,23)24)14-27-20(29-10-5-7-25-9-11-29)31(19)18-6-3-4-8-26-18/h3-4,6,8,14,19,25H,2,5,7,9-13,15H2,1H3. The van der Waals surface area contributed by atoms with E-state index in [-0.39, 0.29) is 19.2 Å². The summed E-state index contributed by atoms with van der Waals surface area (Å²) < 4.78 is 42.0. The normalized spacial score (nSPS) is 21.7. The Morgan fingerprint density at radius 3 is 2.84 bits per heavy atom. The number of anilines is 1. The molecule has 1 saturated heterocycles. The van der Waals surface area contributed by atoms with E-state index in [2.05, 4.69) is 20.1 Å². The lowest BCUT2D eigenvalue weighted by molar-refractivity contribution is -0.174. The number of ether oxygens (including phenoxy) is 1. The minimum absolute atomic E-state index is 0.0813. The van der Waals surface area contributed by atoms with E-state index in [1.54, 1.807) is 17.4 Å². The van der Waals surface area contributed by atoms with Gasteiger partial charge in [-0.25, -0.2) is 9.98 Å². The van der Waals surface area contributed by atoms with E-state index < -0.39 is 12.8 Å². The fourth-order valence-electron chi connectivity index (χ4n) is 4.09. The van der Waals surface area contributed by atoms with Crippen LogP contribution in [-0.2, 0) is 4.74 Å². The average molecular weight is 451 g/mol. The van der Waals surface area contributed by atoms with Crippen molar-refractivity contribution in [2.75, 3.05) is 50.8 Å². The molecule has 0 saturated carbocycles. The third-order valence-electron chi connectivity index (χ3n) is 5.52. The molecule has 4 rings (SSSR count). The monoisotopic (exact) mass is 451 g/mol. The molecule has 3 aliphatic heterocycles. The van der Waals surface area contributed by atoms with Gasteiger partial charge in [-0.15, -0.1) is 0 Å². The fourth-order valence-corrected chi connectivity index (χ4v) is 4.09. The summed E-state index contributed by atoms with van der Waals surface area (Å²) in [6.45, 7) is 4.43. The second-order valence-electron chi connectivity index (χ2n) is 7.77. The van der Waals surface area contributed by atoms with E-state index >= 15 is 0 Å². The highest BCUT2D eigenvalue weighted by atomic mass is 19.4. The van der Waals surface area contributed by atoms with Crippen molar-refractivity contribution in [2.45, 2.75) is 32.0 Å². The first-order valence-electron chi connectivity index (χ1n) is 10.9. The lowest BCUT2D eigenvalue weighted by Gasteiger charge is -2.39. The zero-order valence-corrected chi connectivity index (χ0v) is 18.1. The van der Waals surface area contributed by atoms with Crippen molar-refractivity contribution < 1.29 is 17.9 Å². The molecule has 0 spiro atoms. The van der Waals surface area contributed by atoms with Crippen LogP contribution in [0.15, 0.2) is 46.4 Å². The lowest BCUT2D eigenvalue weighted by atomic mass is 10.0. The molecule has 1 atom stereocenters. The molecule has 0 radical (unpaired) electrons. The second-order valence-corrected chi connectivity index (χ2v) is 7.77. The molecule has 3 aliphatic rings. The summed E-state index contributed by atoms with van der Waals surface area (Å²) in [6.07, 6.45) is 0.892. The molecule has 0 bridgehead atoms. The Morgan fingerprint density at radius 2 is 2.09 bits per heavy atom. The number of fused-ring (bicyclic) bond motifs is 1. The van der Waals surface area contributed by atoms with Crippen LogP contribution in [0.4, 0.5) is 19.0 Å². The first-order chi connectivity index (χ1) is 15.5. The van der Waals surface area contributed by atoms with Gasteiger partial charge in [0.15, 0.2) is 0 Å². The van der Waals surface area contributed by atoms with E-state index in [9.17, 15) is 13.2 Å². The highest BCUT2D eigenvalue weighted by Crippen LogP contribution is 2.33. The van der Waals surface area contributed by atoms with Gasteiger partial charge in [-0.1, -0.05) is 13.0 Å². The summed E-state index contributed by atoms with van der Waals surface area (Å²) >= 11 is 0. The van der Waals surface area contributed by atoms with Crippen LogP contribution in [-0.4, -0.2) is 84.7 Å². The number of guanidine groups is 1. The van der Waals surface area contributed by atoms with Crippen molar-refractivity contribution in [3.05, 3.63) is 36.3 Å². The summed E-state index contributed by atoms with van der Waals surface area (Å²) in [6, 6.07) is 5.53. The number of hydrogen-bond donors (Lipinski definition) is 1. The highest BCUT2D eigenvalue weighted by molar-refractivity contribution is 6.08. The number of hydrazone groups is 1. The third kappa shape index (κ3) is 5.04. The van der Waals surface area contributed by atoms with Gasteiger partial charge >= 0.3 is 6.18 Å². The van der Waals surface area contributed by atoms with Crippen LogP contribution in [0.5, 0.6) is 0 Å². The van der Waals surface area contributed by atoms with Crippen molar-refractivity contribution in [1.29, 1.82) is 0 Å². The molecular weight excluding hydrogens is 423 g/mol. The zero-order valence-electron chi connectivity index (χ0n) is 18.1. The van der Waals surface area contributed by atoms with E-state index in [0.717, 1.165) is 55.8 Å². The van der Waals surface area contributed by atoms with Gasteiger partial charge in [-0.3, -0.25) is 9.91 Å². The number of alkyl halides is 3. The van der Waals surface area contributed by atoms with Crippen LogP contribution in [0.2, 0.25) is 0 Å². The van der Waals surface area contributed by atoms with E-state index in [1.165, 1.54) is 0 Å². The Kier molecular flexibility index (Phi) is 6.95. The first-order valence-corrected chi connectivity index (χ1v) is 10.9. The van der Waals surface area contributed by atoms with Crippen molar-refractivity contribution in [3.63, 3.8) is 0 Å². The first kappa shape index (κ1) is 22.5. The SMILES string of the molecule is CCC1=NN(CCOCC(F)(F)F)C2=CN=C(N3CCCNCC3)N(c3ccccn3)C21. The Bertz CT molecular complexity index is 864. The molecule has 0 aliphatic carbocycles. The van der Waals surface area contributed by atoms with Gasteiger partial charge < -0.3 is 15.0 Å². The molecule has 0 amide bonds. The summed E-state index contributed by atoms with van der Waals surface area (Å²) in [5, 5.41) is 9.83. The molecule has 8 nitrogen and oxygen atoms in total. The van der Waals surface area contributed by atoms with Crippen LogP contribution in [0, 0.1) is 0 Å². The van der Waals surface area contributed by atoms with Gasteiger partial charge in [0.25, 0.3) is 0 Å². The van der Waals surface area contributed by atoms with Crippen LogP contribution in [0.25, 0.3) is 0 Å². The molecule has 0 aromatic carbocycles. The van der Waals surface area contributed by atoms with Gasteiger partial charge in [0, 0.05) is 25.8 Å². The Hall–Kier alpha value is -2.66. The number of pyridine rings is 1. The van der Waals surface area contributed by atoms with Crippen molar-refractivity contribution in [2.24, 2.45) is 10.1 Å². The zero-order chi connectivity index (χ0) is 22.6. The maximum atomic E-state index is 12.4. The number of aliphatic imine (C=N–C) groups is 1. The van der Waals surface area contributed by atoms with Crippen LogP contribution in [0.1, 0.15) is 19.8 Å². The minimum Gasteiger partial charge on any atom is -0.370 e. The van der Waals surface area contributed by atoms with Gasteiger partial charge in [0.1, 0.15) is 18.5 Å². The number of aromatic nitrogens is 1. The largest absolute Gasteiger partial charge is 0.411 e. The smallest absolute Gasteiger partial charge is 0.370 e. The maximum Gasteiger partial charge on any atom is 0.411 e. The topological polar surface area (TPSA) is 68.6 Å². The minimum atomic E-state index is -4.34. The average Bonchev–Trinajstić information content (AvgIpc) is 2.94. The Balaban J connectivity index is 1.61. The number of halogens is 3. The predicted molar refractivity (Wildman–Crippen MR) is 116 cm³/mol. The van der Waals surface area contributed by atoms with E-state index in [4.69, 9.17) is 14.8 Å². The van der Waals surface area contributed by atoms with Gasteiger partial charge in [-0.05, 0) is 31.5 Å². The molecule has 1 N–H and O–H groups in total. The van der Waals surface area contributed by atoms with Gasteiger partial charge in [-0.2, -0.15) is 18.3 Å². The van der Waals surface area contributed by atoms with Crippen LogP contribution < -0.4 is 10.2 Å². The second kappa shape index (κ2) is 9.86. The van der Waals surface area contributed by atoms with Crippen LogP contribution >= 0.6 is 0 Å². The molecule has 11 heteroatoms. The summed E-state index contributed by atoms with van der Waals surface area (Å²) in [7, 11) is 0. The Morgan fingerprint density at radius 1 is 1.22 bits per heavy atom. The van der Waals surface area contributed by atoms with Gasteiger partial charge in [0.2, 0.25) is 5.96 Å². The third-order valence-corrected chi connectivity index (χ3v) is 5.52. The summed E-state index contributed by atoms with van der Waals surface area (Å²) in [5.41, 5.74) is 1.73. The van der Waals surface area contributed by atoms with Crippen molar-refractivity contribution in [3.8, 4) is 0 Å². The summed E-state index contributed by atoms with van der Waals surface area (Å²) in [4.78, 5) is 13.7. The van der Waals surface area contributed by atoms with Gasteiger partial charge in [0.05, 0.1) is 30.8 Å². The fraction of sp³-hybridized carbons (Fsp3) is 0.571. The van der Waals surface area contributed by atoms with E-state index in [1.807, 2.05) is 25.1 Å². The predicted octanol–water partition coefficient (Wildman–Crippen LogP) is 2.42. The maximum absolute atomic E-state index is 12.4. The summed E-state index contributed by atoms with van der Waals surface area (Å²) in [5.74, 6) is 1.58. The van der Waals surface area contributed by atoms with Crippen LogP contribution in [0.3, 0.4) is 0 Å². The number of nitrogens with zero attached hydrogens (tertiary/aromatic N) is 6. The molecule has 1 aromatic rings. The molecule has 1 unspecified atom stereocenters. The lowest BCUT2D eigenvalue weighted by Crippen LogP contribution is -2.55. The molecule has 4 heterocycles. The van der Waals surface area contributed by atoms with E-state index in [0.29, 0.717) is 6.42 Å². The molecule has 1 aromatic heterocycles. The Labute approximate surface area is 185 Å². The number of rotatable bonds is 6. The molecule has 174 valence electrons. The number of hydrogen-bond acceptors (Lipinski definition) is 8. The number of nitrogens with one attached hydrogen (secondary N) is 1. The van der Waals surface area contributed by atoms with Crippen molar-refractivity contribution >= 4 is 17.5 Å². The highest BCUT2D eigenvalue weighted by Gasteiger charge is 2.42. The molecular formula is C21H28F3N7O. The molecule has 1 fully saturated rings. The quantitative estimate of drug-likeness (QED) is 0.670.